The number of aryl methyl sites for hydroxylation is 1. The van der Waals surface area contributed by atoms with Crippen molar-refractivity contribution in [2.75, 3.05) is 24.6 Å². The first-order valence-corrected chi connectivity index (χ1v) is 9.48. The summed E-state index contributed by atoms with van der Waals surface area (Å²) in [6.07, 6.45) is 5.46. The van der Waals surface area contributed by atoms with Gasteiger partial charge in [0, 0.05) is 25.1 Å². The van der Waals surface area contributed by atoms with Crippen LogP contribution in [0.3, 0.4) is 0 Å². The van der Waals surface area contributed by atoms with Gasteiger partial charge in [-0.1, -0.05) is 0 Å². The summed E-state index contributed by atoms with van der Waals surface area (Å²) in [5.41, 5.74) is 4.24. The molecule has 28 heavy (non-hydrogen) atoms. The van der Waals surface area contributed by atoms with E-state index in [-0.39, 0.29) is 12.4 Å². The number of benzene rings is 1. The van der Waals surface area contributed by atoms with Gasteiger partial charge in [0.25, 0.3) is 0 Å². The molecule has 1 fully saturated rings. The van der Waals surface area contributed by atoms with Crippen molar-refractivity contribution in [1.82, 2.24) is 24.7 Å². The predicted molar refractivity (Wildman–Crippen MR) is 105 cm³/mol. The van der Waals surface area contributed by atoms with Crippen LogP contribution in [0.2, 0.25) is 0 Å². The quantitative estimate of drug-likeness (QED) is 0.571. The van der Waals surface area contributed by atoms with E-state index < -0.39 is 0 Å². The Hall–Kier alpha value is -3.00. The first kappa shape index (κ1) is 17.1. The summed E-state index contributed by atoms with van der Waals surface area (Å²) in [7, 11) is 0. The highest BCUT2D eigenvalue weighted by Gasteiger charge is 2.22. The van der Waals surface area contributed by atoms with Crippen LogP contribution in [0.1, 0.15) is 18.5 Å². The molecule has 0 radical (unpaired) electrons. The zero-order chi connectivity index (χ0) is 19.3. The molecule has 0 bridgehead atoms. The van der Waals surface area contributed by atoms with E-state index in [4.69, 9.17) is 4.98 Å². The van der Waals surface area contributed by atoms with Crippen molar-refractivity contribution in [1.29, 1.82) is 0 Å². The summed E-state index contributed by atoms with van der Waals surface area (Å²) in [4.78, 5) is 11.5. The highest BCUT2D eigenvalue weighted by molar-refractivity contribution is 6.06. The number of hydrogen-bond acceptors (Lipinski definition) is 5. The van der Waals surface area contributed by atoms with Gasteiger partial charge in [-0.15, -0.1) is 0 Å². The number of nitrogens with zero attached hydrogens (tertiary/aromatic N) is 5. The first-order chi connectivity index (χ1) is 13.7. The second-order valence-corrected chi connectivity index (χ2v) is 7.38. The van der Waals surface area contributed by atoms with Crippen LogP contribution in [0.5, 0.6) is 0 Å². The molecule has 1 saturated heterocycles. The Balaban J connectivity index is 1.58. The van der Waals surface area contributed by atoms with E-state index in [1.54, 1.807) is 12.3 Å². The molecular weight excluding hydrogens is 359 g/mol. The Morgan fingerprint density at radius 2 is 2.04 bits per heavy atom. The van der Waals surface area contributed by atoms with Crippen LogP contribution < -0.4 is 4.90 Å². The zero-order valence-corrected chi connectivity index (χ0v) is 15.6. The van der Waals surface area contributed by atoms with Crippen LogP contribution in [-0.2, 0) is 0 Å². The van der Waals surface area contributed by atoms with Crippen LogP contribution in [-0.4, -0.2) is 49.5 Å². The van der Waals surface area contributed by atoms with Gasteiger partial charge in [-0.05, 0) is 43.9 Å². The van der Waals surface area contributed by atoms with Gasteiger partial charge in [-0.25, -0.2) is 14.4 Å². The van der Waals surface area contributed by atoms with E-state index in [0.717, 1.165) is 59.2 Å². The molecular formula is C20H21FN6O. The van der Waals surface area contributed by atoms with Gasteiger partial charge < -0.3 is 14.6 Å². The molecule has 5 rings (SSSR count). The molecule has 8 heteroatoms. The fraction of sp³-hybridized carbons (Fsp3) is 0.350. The Labute approximate surface area is 160 Å². The van der Waals surface area contributed by atoms with E-state index in [1.165, 1.54) is 12.1 Å². The van der Waals surface area contributed by atoms with Crippen molar-refractivity contribution < 1.29 is 9.50 Å². The van der Waals surface area contributed by atoms with Crippen molar-refractivity contribution in [3.8, 4) is 5.69 Å². The molecule has 144 valence electrons. The maximum atomic E-state index is 13.8. The lowest BCUT2D eigenvalue weighted by Gasteiger charge is -2.31. The van der Waals surface area contributed by atoms with Crippen molar-refractivity contribution in [2.24, 2.45) is 5.92 Å². The molecule has 0 saturated carbocycles. The average molecular weight is 380 g/mol. The van der Waals surface area contributed by atoms with Gasteiger partial charge in [-0.3, -0.25) is 5.10 Å². The number of piperidine rings is 1. The molecule has 1 aliphatic heterocycles. The molecule has 2 N–H and O–H groups in total. The topological polar surface area (TPSA) is 82.9 Å². The molecule has 1 aromatic carbocycles. The number of aliphatic hydroxyl groups excluding tert-OH is 1. The molecule has 4 heterocycles. The monoisotopic (exact) mass is 380 g/mol. The van der Waals surface area contributed by atoms with Crippen molar-refractivity contribution in [2.45, 2.75) is 19.8 Å². The molecule has 4 aromatic rings. The minimum Gasteiger partial charge on any atom is -0.396 e. The molecule has 0 amide bonds. The molecule has 1 aliphatic rings. The molecule has 3 aromatic heterocycles. The van der Waals surface area contributed by atoms with Gasteiger partial charge in [0.1, 0.15) is 5.82 Å². The van der Waals surface area contributed by atoms with Crippen LogP contribution in [0.25, 0.3) is 27.6 Å². The Bertz CT molecular complexity index is 1160. The summed E-state index contributed by atoms with van der Waals surface area (Å²) in [5, 5.41) is 17.2. The number of halogens is 1. The van der Waals surface area contributed by atoms with Gasteiger partial charge in [-0.2, -0.15) is 5.10 Å². The number of hydrogen-bond donors (Lipinski definition) is 2. The molecule has 0 aliphatic carbocycles. The fourth-order valence-electron chi connectivity index (χ4n) is 4.08. The van der Waals surface area contributed by atoms with E-state index >= 15 is 0 Å². The largest absolute Gasteiger partial charge is 0.396 e. The van der Waals surface area contributed by atoms with Gasteiger partial charge >= 0.3 is 0 Å². The Kier molecular flexibility index (Phi) is 4.01. The lowest BCUT2D eigenvalue weighted by molar-refractivity contribution is 0.202. The van der Waals surface area contributed by atoms with E-state index in [0.29, 0.717) is 11.9 Å². The van der Waals surface area contributed by atoms with Crippen LogP contribution in [0.4, 0.5) is 10.3 Å². The standard InChI is InChI=1S/C20H21FN6O/c1-12-17(9-22-20(24-12)26-6-4-13(11-28)5-7-26)27-16-3-2-14(21)8-15(16)19-18(27)10-23-25-19/h2-3,8-10,13,28H,4-7,11H2,1H3,(H,23,25). The van der Waals surface area contributed by atoms with Gasteiger partial charge in [0.2, 0.25) is 5.95 Å². The number of nitrogens with one attached hydrogen (secondary N) is 1. The van der Waals surface area contributed by atoms with Crippen LogP contribution in [0, 0.1) is 18.7 Å². The number of aliphatic hydroxyl groups is 1. The Morgan fingerprint density at radius 3 is 2.79 bits per heavy atom. The summed E-state index contributed by atoms with van der Waals surface area (Å²) in [5.74, 6) is 0.803. The number of aromatic amines is 1. The minimum absolute atomic E-state index is 0.245. The Morgan fingerprint density at radius 1 is 1.21 bits per heavy atom. The minimum atomic E-state index is -0.282. The normalized spacial score (nSPS) is 15.8. The smallest absolute Gasteiger partial charge is 0.225 e. The molecule has 0 unspecified atom stereocenters. The van der Waals surface area contributed by atoms with Crippen molar-refractivity contribution in [3.63, 3.8) is 0 Å². The molecule has 0 atom stereocenters. The summed E-state index contributed by atoms with van der Waals surface area (Å²) < 4.78 is 15.8. The number of aromatic nitrogens is 5. The van der Waals surface area contributed by atoms with Crippen LogP contribution >= 0.6 is 0 Å². The molecule has 0 spiro atoms. The average Bonchev–Trinajstić information content (AvgIpc) is 3.29. The number of rotatable bonds is 3. The van der Waals surface area contributed by atoms with Crippen molar-refractivity contribution >= 4 is 27.9 Å². The first-order valence-electron chi connectivity index (χ1n) is 9.48. The molecule has 7 nitrogen and oxygen atoms in total. The third-order valence-corrected chi connectivity index (χ3v) is 5.67. The third-order valence-electron chi connectivity index (χ3n) is 5.67. The fourth-order valence-corrected chi connectivity index (χ4v) is 4.08. The predicted octanol–water partition coefficient (Wildman–Crippen LogP) is 2.95. The highest BCUT2D eigenvalue weighted by atomic mass is 19.1. The zero-order valence-electron chi connectivity index (χ0n) is 15.6. The van der Waals surface area contributed by atoms with Crippen LogP contribution in [0.15, 0.2) is 30.6 Å². The second kappa shape index (κ2) is 6.56. The van der Waals surface area contributed by atoms with E-state index in [9.17, 15) is 9.50 Å². The highest BCUT2D eigenvalue weighted by Crippen LogP contribution is 2.32. The lowest BCUT2D eigenvalue weighted by atomic mass is 9.98. The lowest BCUT2D eigenvalue weighted by Crippen LogP contribution is -2.36. The summed E-state index contributed by atoms with van der Waals surface area (Å²) in [6.45, 7) is 3.90. The van der Waals surface area contributed by atoms with Crippen molar-refractivity contribution in [3.05, 3.63) is 42.1 Å². The second-order valence-electron chi connectivity index (χ2n) is 7.38. The van der Waals surface area contributed by atoms with Gasteiger partial charge in [0.15, 0.2) is 0 Å². The van der Waals surface area contributed by atoms with E-state index in [1.807, 2.05) is 17.7 Å². The summed E-state index contributed by atoms with van der Waals surface area (Å²) >= 11 is 0. The third kappa shape index (κ3) is 2.63. The van der Waals surface area contributed by atoms with E-state index in [2.05, 4.69) is 20.1 Å². The van der Waals surface area contributed by atoms with Gasteiger partial charge in [0.05, 0.1) is 40.3 Å². The number of fused-ring (bicyclic) bond motifs is 3. The maximum absolute atomic E-state index is 13.8. The number of anilines is 1. The number of H-pyrrole nitrogens is 1. The SMILES string of the molecule is Cc1nc(N2CCC(CO)CC2)ncc1-n1c2ccc(F)cc2c2[nH]ncc21. The maximum Gasteiger partial charge on any atom is 0.225 e. The summed E-state index contributed by atoms with van der Waals surface area (Å²) in [6, 6.07) is 4.74.